The van der Waals surface area contributed by atoms with Gasteiger partial charge in [-0.2, -0.15) is 0 Å². The second-order valence-electron chi connectivity index (χ2n) is 6.62. The number of benzene rings is 1. The van der Waals surface area contributed by atoms with E-state index >= 15 is 0 Å². The van der Waals surface area contributed by atoms with Gasteiger partial charge in [-0.05, 0) is 42.0 Å². The molecule has 0 aliphatic heterocycles. The van der Waals surface area contributed by atoms with E-state index in [9.17, 15) is 14.7 Å². The first kappa shape index (κ1) is 20.6. The Morgan fingerprint density at radius 3 is 2.78 bits per heavy atom. The highest BCUT2D eigenvalue weighted by Gasteiger charge is 2.21. The molecule has 2 rings (SSSR count). The van der Waals surface area contributed by atoms with Gasteiger partial charge >= 0.3 is 0 Å². The fraction of sp³-hybridized carbons (Fsp3) is 0.450. The number of hydrogen-bond donors (Lipinski definition) is 2. The second kappa shape index (κ2) is 9.87. The molecule has 146 valence electrons. The molecule has 27 heavy (non-hydrogen) atoms. The average Bonchev–Trinajstić information content (AvgIpc) is 2.68. The summed E-state index contributed by atoms with van der Waals surface area (Å²) in [5.41, 5.74) is 0. The monoisotopic (exact) mass is 374 g/mol. The number of aliphatic hydroxyl groups is 1. The van der Waals surface area contributed by atoms with Gasteiger partial charge in [0.2, 0.25) is 11.8 Å². The minimum absolute atomic E-state index is 0.171. The van der Waals surface area contributed by atoms with Crippen LogP contribution >= 0.6 is 0 Å². The predicted octanol–water partition coefficient (Wildman–Crippen LogP) is 2.10. The molecule has 0 aliphatic carbocycles. The molecule has 0 radical (unpaired) electrons. The highest BCUT2D eigenvalue weighted by molar-refractivity contribution is 5.87. The Bertz CT molecular complexity index is 778. The Kier molecular flexibility index (Phi) is 7.55. The van der Waals surface area contributed by atoms with E-state index in [2.05, 4.69) is 10.3 Å². The van der Waals surface area contributed by atoms with Gasteiger partial charge < -0.3 is 24.7 Å². The highest BCUT2D eigenvalue weighted by Crippen LogP contribution is 2.27. The lowest BCUT2D eigenvalue weighted by molar-refractivity contribution is -0.131. The standard InChI is InChI=1S/C20H26N2O5/c1-13(2)18(24)19(25)22-12-16(5-4-10-23)27-20-17-7-6-15(26-3)11-14(17)8-9-21-20/h6-11,13,16,18,24H,4-5,12H2,1-3H3,(H,22,25)/t16-,18+/m1/s1. The molecule has 1 aromatic carbocycles. The molecule has 0 saturated carbocycles. The number of aromatic nitrogens is 1. The zero-order valence-corrected chi connectivity index (χ0v) is 15.8. The molecule has 2 atom stereocenters. The second-order valence-corrected chi connectivity index (χ2v) is 6.62. The number of aliphatic hydroxyl groups excluding tert-OH is 1. The third-order valence-corrected chi connectivity index (χ3v) is 4.22. The Labute approximate surface area is 158 Å². The predicted molar refractivity (Wildman–Crippen MR) is 102 cm³/mol. The van der Waals surface area contributed by atoms with Crippen molar-refractivity contribution < 1.29 is 24.2 Å². The summed E-state index contributed by atoms with van der Waals surface area (Å²) < 4.78 is 11.2. The van der Waals surface area contributed by atoms with Gasteiger partial charge in [0.05, 0.1) is 13.7 Å². The molecule has 0 fully saturated rings. The maximum Gasteiger partial charge on any atom is 0.249 e. The van der Waals surface area contributed by atoms with Crippen LogP contribution in [0.3, 0.4) is 0 Å². The zero-order chi connectivity index (χ0) is 19.8. The first-order valence-corrected chi connectivity index (χ1v) is 8.95. The minimum Gasteiger partial charge on any atom is -0.497 e. The highest BCUT2D eigenvalue weighted by atomic mass is 16.5. The maximum absolute atomic E-state index is 12.0. The van der Waals surface area contributed by atoms with Crippen LogP contribution in [0.2, 0.25) is 0 Å². The number of pyridine rings is 1. The number of fused-ring (bicyclic) bond motifs is 1. The lowest BCUT2D eigenvalue weighted by Crippen LogP contribution is -2.42. The van der Waals surface area contributed by atoms with Crippen LogP contribution in [0.25, 0.3) is 10.8 Å². The molecule has 1 amide bonds. The number of carbonyl (C=O) groups excluding carboxylic acids is 2. The van der Waals surface area contributed by atoms with Gasteiger partial charge in [0.15, 0.2) is 0 Å². The van der Waals surface area contributed by atoms with Crippen molar-refractivity contribution in [1.29, 1.82) is 0 Å². The number of hydrogen-bond acceptors (Lipinski definition) is 6. The van der Waals surface area contributed by atoms with Crippen molar-refractivity contribution in [3.63, 3.8) is 0 Å². The van der Waals surface area contributed by atoms with Crippen LogP contribution in [0, 0.1) is 5.92 Å². The molecule has 1 aromatic heterocycles. The van der Waals surface area contributed by atoms with Gasteiger partial charge in [-0.1, -0.05) is 13.8 Å². The number of aldehydes is 1. The first-order valence-electron chi connectivity index (χ1n) is 8.95. The molecule has 0 aliphatic rings. The van der Waals surface area contributed by atoms with Crippen molar-refractivity contribution >= 4 is 23.0 Å². The molecule has 7 nitrogen and oxygen atoms in total. The first-order chi connectivity index (χ1) is 13.0. The molecular formula is C20H26N2O5. The van der Waals surface area contributed by atoms with Gasteiger partial charge in [-0.25, -0.2) is 4.98 Å². The third kappa shape index (κ3) is 5.65. The zero-order valence-electron chi connectivity index (χ0n) is 15.8. The van der Waals surface area contributed by atoms with Crippen molar-refractivity contribution in [1.82, 2.24) is 10.3 Å². The molecular weight excluding hydrogens is 348 g/mol. The van der Waals surface area contributed by atoms with Crippen molar-refractivity contribution in [3.05, 3.63) is 30.5 Å². The minimum atomic E-state index is -1.08. The van der Waals surface area contributed by atoms with E-state index in [0.29, 0.717) is 18.7 Å². The largest absolute Gasteiger partial charge is 0.497 e. The van der Waals surface area contributed by atoms with Crippen LogP contribution in [0.1, 0.15) is 26.7 Å². The summed E-state index contributed by atoms with van der Waals surface area (Å²) >= 11 is 0. The summed E-state index contributed by atoms with van der Waals surface area (Å²) in [6, 6.07) is 7.41. The van der Waals surface area contributed by atoms with E-state index in [1.54, 1.807) is 27.2 Å². The Morgan fingerprint density at radius 1 is 1.33 bits per heavy atom. The van der Waals surface area contributed by atoms with Crippen LogP contribution in [-0.2, 0) is 9.59 Å². The topological polar surface area (TPSA) is 97.8 Å². The number of methoxy groups -OCH3 is 1. The number of rotatable bonds is 10. The number of amides is 1. The maximum atomic E-state index is 12.0. The Morgan fingerprint density at radius 2 is 2.11 bits per heavy atom. The van der Waals surface area contributed by atoms with Gasteiger partial charge in [0.1, 0.15) is 24.2 Å². The van der Waals surface area contributed by atoms with E-state index in [1.165, 1.54) is 0 Å². The van der Waals surface area contributed by atoms with E-state index < -0.39 is 18.1 Å². The van der Waals surface area contributed by atoms with Gasteiger partial charge in [-0.3, -0.25) is 4.79 Å². The Balaban J connectivity index is 2.14. The number of nitrogens with zero attached hydrogens (tertiary/aromatic N) is 1. The van der Waals surface area contributed by atoms with Crippen LogP contribution < -0.4 is 14.8 Å². The van der Waals surface area contributed by atoms with Crippen molar-refractivity contribution in [3.8, 4) is 11.6 Å². The summed E-state index contributed by atoms with van der Waals surface area (Å²) in [5.74, 6) is 0.506. The molecule has 0 unspecified atom stereocenters. The van der Waals surface area contributed by atoms with Gasteiger partial charge in [0, 0.05) is 18.0 Å². The van der Waals surface area contributed by atoms with Crippen molar-refractivity contribution in [2.75, 3.05) is 13.7 Å². The van der Waals surface area contributed by atoms with Crippen LogP contribution in [-0.4, -0.2) is 48.1 Å². The lowest BCUT2D eigenvalue weighted by atomic mass is 10.1. The third-order valence-electron chi connectivity index (χ3n) is 4.22. The van der Waals surface area contributed by atoms with E-state index in [1.807, 2.05) is 24.3 Å². The van der Waals surface area contributed by atoms with Crippen molar-refractivity contribution in [2.24, 2.45) is 5.92 Å². The van der Waals surface area contributed by atoms with E-state index in [4.69, 9.17) is 9.47 Å². The molecule has 2 aromatic rings. The number of ether oxygens (including phenoxy) is 2. The van der Waals surface area contributed by atoms with Crippen LogP contribution in [0.4, 0.5) is 0 Å². The van der Waals surface area contributed by atoms with Crippen LogP contribution in [0.15, 0.2) is 30.5 Å². The number of nitrogens with one attached hydrogen (secondary N) is 1. The quantitative estimate of drug-likeness (QED) is 0.618. The fourth-order valence-corrected chi connectivity index (χ4v) is 2.59. The molecule has 0 spiro atoms. The molecule has 0 saturated heterocycles. The molecule has 0 bridgehead atoms. The SMILES string of the molecule is COc1ccc2c(O[C@H](CCC=O)CNC(=O)[C@@H](O)C(C)C)nccc2c1. The normalized spacial score (nSPS) is 13.2. The number of carbonyl (C=O) groups is 2. The lowest BCUT2D eigenvalue weighted by Gasteiger charge is -2.21. The summed E-state index contributed by atoms with van der Waals surface area (Å²) in [6.45, 7) is 3.70. The molecule has 7 heteroatoms. The molecule has 1 heterocycles. The summed E-state index contributed by atoms with van der Waals surface area (Å²) in [5, 5.41) is 14.2. The van der Waals surface area contributed by atoms with Gasteiger partial charge in [0.25, 0.3) is 0 Å². The molecule has 2 N–H and O–H groups in total. The van der Waals surface area contributed by atoms with Gasteiger partial charge in [-0.15, -0.1) is 0 Å². The van der Waals surface area contributed by atoms with E-state index in [0.717, 1.165) is 22.8 Å². The average molecular weight is 374 g/mol. The van der Waals surface area contributed by atoms with Crippen LogP contribution in [0.5, 0.6) is 11.6 Å². The summed E-state index contributed by atoms with van der Waals surface area (Å²) in [7, 11) is 1.60. The Hall–Kier alpha value is -2.67. The summed E-state index contributed by atoms with van der Waals surface area (Å²) in [4.78, 5) is 27.0. The van der Waals surface area contributed by atoms with E-state index in [-0.39, 0.29) is 12.5 Å². The smallest absolute Gasteiger partial charge is 0.249 e. The summed E-state index contributed by atoms with van der Waals surface area (Å²) in [6.07, 6.45) is 1.64. The van der Waals surface area contributed by atoms with Crippen molar-refractivity contribution in [2.45, 2.75) is 38.9 Å². The fourth-order valence-electron chi connectivity index (χ4n) is 2.59.